The summed E-state index contributed by atoms with van der Waals surface area (Å²) in [4.78, 5) is 4.73. The first-order valence-corrected chi connectivity index (χ1v) is 6.96. The molecule has 2 N–H and O–H groups in total. The zero-order chi connectivity index (χ0) is 13.7. The van der Waals surface area contributed by atoms with Crippen LogP contribution in [0.5, 0.6) is 11.5 Å². The number of hydrogen-bond acceptors (Lipinski definition) is 4. The topological polar surface area (TPSA) is 62.3 Å². The van der Waals surface area contributed by atoms with E-state index in [2.05, 4.69) is 0 Å². The molecule has 2 heterocycles. The molecule has 0 amide bonds. The summed E-state index contributed by atoms with van der Waals surface area (Å²) >= 11 is 0. The summed E-state index contributed by atoms with van der Waals surface area (Å²) in [5.74, 6) is 3.94. The molecule has 20 heavy (non-hydrogen) atoms. The smallest absolute Gasteiger partial charge is 0.162 e. The molecule has 0 saturated heterocycles. The monoisotopic (exact) mass is 271 g/mol. The lowest BCUT2D eigenvalue weighted by Crippen LogP contribution is -2.15. The highest BCUT2D eigenvalue weighted by molar-refractivity contribution is 5.73. The van der Waals surface area contributed by atoms with Gasteiger partial charge in [-0.2, -0.15) is 0 Å². The second-order valence-electron chi connectivity index (χ2n) is 5.40. The highest BCUT2D eigenvalue weighted by Gasteiger charge is 2.30. The van der Waals surface area contributed by atoms with Crippen molar-refractivity contribution in [3.05, 3.63) is 24.0 Å². The third kappa shape index (κ3) is 1.73. The van der Waals surface area contributed by atoms with Gasteiger partial charge in [-0.3, -0.25) is 0 Å². The molecule has 104 valence electrons. The fraction of sp³-hybridized carbons (Fsp3) is 0.400. The number of rotatable bonds is 2. The summed E-state index contributed by atoms with van der Waals surface area (Å²) in [5, 5.41) is 0. The molecule has 1 aromatic heterocycles. The van der Waals surface area contributed by atoms with Crippen LogP contribution < -0.4 is 15.2 Å². The van der Waals surface area contributed by atoms with E-state index in [0.29, 0.717) is 24.9 Å². The van der Waals surface area contributed by atoms with Crippen LogP contribution in [0.15, 0.2) is 18.2 Å². The number of nitrogens with zero attached hydrogens (tertiary/aromatic N) is 2. The summed E-state index contributed by atoms with van der Waals surface area (Å²) in [6, 6.07) is 5.88. The highest BCUT2D eigenvalue weighted by Crippen LogP contribution is 2.42. The number of hydrogen-bond donors (Lipinski definition) is 1. The Bertz CT molecular complexity index is 674. The molecule has 0 radical (unpaired) electrons. The maximum Gasteiger partial charge on any atom is 0.162 e. The van der Waals surface area contributed by atoms with Crippen LogP contribution in [0.2, 0.25) is 0 Å². The number of fused-ring (bicyclic) bond motifs is 1. The summed E-state index contributed by atoms with van der Waals surface area (Å²) in [6.07, 6.45) is 2.43. The van der Waals surface area contributed by atoms with Gasteiger partial charge in [0, 0.05) is 18.5 Å². The van der Waals surface area contributed by atoms with Crippen LogP contribution in [0.3, 0.4) is 0 Å². The Labute approximate surface area is 117 Å². The number of benzene rings is 1. The van der Waals surface area contributed by atoms with Crippen LogP contribution in [0, 0.1) is 0 Å². The van der Waals surface area contributed by atoms with Gasteiger partial charge < -0.3 is 19.8 Å². The van der Waals surface area contributed by atoms with Gasteiger partial charge >= 0.3 is 0 Å². The van der Waals surface area contributed by atoms with Gasteiger partial charge in [0.25, 0.3) is 0 Å². The average molecular weight is 271 g/mol. The number of nitrogen functional groups attached to an aromatic ring is 1. The van der Waals surface area contributed by atoms with E-state index in [1.807, 2.05) is 29.8 Å². The van der Waals surface area contributed by atoms with Gasteiger partial charge in [-0.1, -0.05) is 0 Å². The van der Waals surface area contributed by atoms with Gasteiger partial charge in [0.1, 0.15) is 30.5 Å². The molecule has 0 atom stereocenters. The molecule has 5 nitrogen and oxygen atoms in total. The Hall–Kier alpha value is -2.17. The minimum atomic E-state index is 0.577. The van der Waals surface area contributed by atoms with Crippen molar-refractivity contribution in [1.29, 1.82) is 0 Å². The minimum absolute atomic E-state index is 0.577. The SMILES string of the molecule is Cn1c(C2CC2)nc(-c2ccc3c(c2)OCCO3)c1N. The van der Waals surface area contributed by atoms with Crippen molar-refractivity contribution < 1.29 is 9.47 Å². The number of nitrogens with two attached hydrogens (primary N) is 1. The molecular weight excluding hydrogens is 254 g/mol. The largest absolute Gasteiger partial charge is 0.486 e. The van der Waals surface area contributed by atoms with E-state index < -0.39 is 0 Å². The Kier molecular flexibility index (Phi) is 2.42. The summed E-state index contributed by atoms with van der Waals surface area (Å²) in [6.45, 7) is 1.19. The van der Waals surface area contributed by atoms with Gasteiger partial charge in [-0.05, 0) is 31.0 Å². The zero-order valence-corrected chi connectivity index (χ0v) is 11.4. The summed E-state index contributed by atoms with van der Waals surface area (Å²) < 4.78 is 13.2. The van der Waals surface area contributed by atoms with Gasteiger partial charge in [0.15, 0.2) is 11.5 Å². The normalized spacial score (nSPS) is 17.2. The fourth-order valence-corrected chi connectivity index (χ4v) is 2.64. The third-order valence-corrected chi connectivity index (χ3v) is 3.93. The number of aromatic nitrogens is 2. The molecule has 1 aliphatic heterocycles. The molecular formula is C15H17N3O2. The molecule has 2 aliphatic rings. The number of ether oxygens (including phenoxy) is 2. The first kappa shape index (κ1) is 11.6. The molecule has 0 unspecified atom stereocenters. The Morgan fingerprint density at radius 1 is 1.20 bits per heavy atom. The Morgan fingerprint density at radius 3 is 2.70 bits per heavy atom. The molecule has 1 saturated carbocycles. The first-order chi connectivity index (χ1) is 9.74. The molecule has 1 fully saturated rings. The van der Waals surface area contributed by atoms with E-state index in [9.17, 15) is 0 Å². The van der Waals surface area contributed by atoms with Crippen molar-refractivity contribution in [2.75, 3.05) is 18.9 Å². The van der Waals surface area contributed by atoms with E-state index in [4.69, 9.17) is 20.2 Å². The quantitative estimate of drug-likeness (QED) is 0.910. The van der Waals surface area contributed by atoms with E-state index in [-0.39, 0.29) is 0 Å². The van der Waals surface area contributed by atoms with Crippen molar-refractivity contribution in [2.45, 2.75) is 18.8 Å². The van der Waals surface area contributed by atoms with Crippen molar-refractivity contribution in [3.63, 3.8) is 0 Å². The van der Waals surface area contributed by atoms with Crippen molar-refractivity contribution in [3.8, 4) is 22.8 Å². The molecule has 0 spiro atoms. The minimum Gasteiger partial charge on any atom is -0.486 e. The predicted molar refractivity (Wildman–Crippen MR) is 76.0 cm³/mol. The number of anilines is 1. The number of imidazole rings is 1. The van der Waals surface area contributed by atoms with Gasteiger partial charge in [-0.25, -0.2) is 4.98 Å². The molecule has 1 aliphatic carbocycles. The summed E-state index contributed by atoms with van der Waals surface area (Å²) in [7, 11) is 1.98. The standard InChI is InChI=1S/C15H17N3O2/c1-18-14(16)13(17-15(18)9-2-3-9)10-4-5-11-12(8-10)20-7-6-19-11/h4-5,8-9H,2-3,6-7,16H2,1H3. The van der Waals surface area contributed by atoms with Crippen LogP contribution in [-0.4, -0.2) is 22.8 Å². The molecule has 0 bridgehead atoms. The Morgan fingerprint density at radius 2 is 1.95 bits per heavy atom. The molecule has 4 rings (SSSR count). The third-order valence-electron chi connectivity index (χ3n) is 3.93. The van der Waals surface area contributed by atoms with Crippen LogP contribution in [0.25, 0.3) is 11.3 Å². The van der Waals surface area contributed by atoms with E-state index in [1.54, 1.807) is 0 Å². The van der Waals surface area contributed by atoms with Gasteiger partial charge in [-0.15, -0.1) is 0 Å². The molecule has 1 aromatic carbocycles. The predicted octanol–water partition coefficient (Wildman–Crippen LogP) is 2.32. The maximum atomic E-state index is 6.21. The van der Waals surface area contributed by atoms with Gasteiger partial charge in [0.2, 0.25) is 0 Å². The van der Waals surface area contributed by atoms with Crippen molar-refractivity contribution in [1.82, 2.24) is 9.55 Å². The average Bonchev–Trinajstić information content (AvgIpc) is 3.27. The van der Waals surface area contributed by atoms with E-state index in [1.165, 1.54) is 12.8 Å². The van der Waals surface area contributed by atoms with Crippen LogP contribution in [-0.2, 0) is 7.05 Å². The molecule has 5 heteroatoms. The lowest BCUT2D eigenvalue weighted by Gasteiger charge is -2.18. The van der Waals surface area contributed by atoms with Crippen LogP contribution >= 0.6 is 0 Å². The van der Waals surface area contributed by atoms with Crippen LogP contribution in [0.4, 0.5) is 5.82 Å². The maximum absolute atomic E-state index is 6.21. The Balaban J connectivity index is 1.79. The molecule has 2 aromatic rings. The van der Waals surface area contributed by atoms with Crippen LogP contribution in [0.1, 0.15) is 24.6 Å². The lowest BCUT2D eigenvalue weighted by molar-refractivity contribution is 0.171. The lowest BCUT2D eigenvalue weighted by atomic mass is 10.1. The fourth-order valence-electron chi connectivity index (χ4n) is 2.64. The van der Waals surface area contributed by atoms with E-state index in [0.717, 1.165) is 28.6 Å². The second-order valence-corrected chi connectivity index (χ2v) is 5.40. The van der Waals surface area contributed by atoms with Crippen molar-refractivity contribution >= 4 is 5.82 Å². The van der Waals surface area contributed by atoms with Crippen molar-refractivity contribution in [2.24, 2.45) is 7.05 Å². The summed E-state index contributed by atoms with van der Waals surface area (Å²) in [5.41, 5.74) is 8.03. The highest BCUT2D eigenvalue weighted by atomic mass is 16.6. The second kappa shape index (κ2) is 4.16. The zero-order valence-electron chi connectivity index (χ0n) is 11.4. The first-order valence-electron chi connectivity index (χ1n) is 6.96. The van der Waals surface area contributed by atoms with E-state index >= 15 is 0 Å². The van der Waals surface area contributed by atoms with Gasteiger partial charge in [0.05, 0.1) is 0 Å².